The van der Waals surface area contributed by atoms with Gasteiger partial charge in [0.2, 0.25) is 0 Å². The molecular formula is C16H20ClFO3. The van der Waals surface area contributed by atoms with Crippen LogP contribution in [-0.2, 0) is 9.47 Å². The second-order valence-electron chi connectivity index (χ2n) is 6.01. The van der Waals surface area contributed by atoms with E-state index in [2.05, 4.69) is 0 Å². The van der Waals surface area contributed by atoms with Gasteiger partial charge in [0.05, 0.1) is 11.7 Å². The van der Waals surface area contributed by atoms with Gasteiger partial charge in [0.25, 0.3) is 0 Å². The molecule has 2 unspecified atom stereocenters. The third kappa shape index (κ3) is 3.24. The van der Waals surface area contributed by atoms with Crippen LogP contribution < -0.4 is 0 Å². The summed E-state index contributed by atoms with van der Waals surface area (Å²) in [6.07, 6.45) is 2.31. The molecule has 1 N–H and O–H groups in total. The van der Waals surface area contributed by atoms with Crippen LogP contribution >= 0.6 is 11.6 Å². The second kappa shape index (κ2) is 6.21. The summed E-state index contributed by atoms with van der Waals surface area (Å²) in [5.41, 5.74) is 0.0774. The topological polar surface area (TPSA) is 38.7 Å². The molecule has 1 aromatic rings. The molecule has 5 heteroatoms. The summed E-state index contributed by atoms with van der Waals surface area (Å²) in [7, 11) is 0. The fourth-order valence-electron chi connectivity index (χ4n) is 3.42. The van der Waals surface area contributed by atoms with Gasteiger partial charge in [0.15, 0.2) is 0 Å². The Morgan fingerprint density at radius 1 is 1.29 bits per heavy atom. The summed E-state index contributed by atoms with van der Waals surface area (Å²) >= 11 is 5.92. The third-order valence-corrected chi connectivity index (χ3v) is 4.89. The Hall–Kier alpha value is -0.680. The molecule has 2 saturated heterocycles. The number of benzene rings is 1. The average molecular weight is 315 g/mol. The molecule has 3 nitrogen and oxygen atoms in total. The molecule has 3 rings (SSSR count). The van der Waals surface area contributed by atoms with E-state index in [1.54, 1.807) is 0 Å². The average Bonchev–Trinajstić information content (AvgIpc) is 2.50. The maximum atomic E-state index is 13.9. The Balaban J connectivity index is 1.77. The molecule has 2 fully saturated rings. The molecule has 0 aromatic heterocycles. The fourth-order valence-corrected chi connectivity index (χ4v) is 3.60. The van der Waals surface area contributed by atoms with Gasteiger partial charge in [0, 0.05) is 30.4 Å². The van der Waals surface area contributed by atoms with Gasteiger partial charge >= 0.3 is 0 Å². The second-order valence-corrected chi connectivity index (χ2v) is 6.44. The van der Waals surface area contributed by atoms with E-state index in [1.807, 2.05) is 0 Å². The lowest BCUT2D eigenvalue weighted by molar-refractivity contribution is -0.159. The molecule has 1 spiro atoms. The van der Waals surface area contributed by atoms with Gasteiger partial charge in [-0.2, -0.15) is 0 Å². The molecule has 1 aromatic carbocycles. The Kier molecular flexibility index (Phi) is 4.50. The Labute approximate surface area is 129 Å². The van der Waals surface area contributed by atoms with Gasteiger partial charge in [-0.15, -0.1) is 0 Å². The summed E-state index contributed by atoms with van der Waals surface area (Å²) in [5.74, 6) is -0.413. The zero-order valence-corrected chi connectivity index (χ0v) is 12.6. The van der Waals surface area contributed by atoms with Crippen molar-refractivity contribution in [1.82, 2.24) is 0 Å². The third-order valence-electron chi connectivity index (χ3n) is 4.66. The zero-order valence-electron chi connectivity index (χ0n) is 11.9. The van der Waals surface area contributed by atoms with Crippen molar-refractivity contribution in [3.63, 3.8) is 0 Å². The first-order valence-corrected chi connectivity index (χ1v) is 7.82. The lowest BCUT2D eigenvalue weighted by atomic mass is 9.77. The number of ether oxygens (including phenoxy) is 2. The van der Waals surface area contributed by atoms with Crippen molar-refractivity contribution >= 4 is 11.6 Å². The Bertz CT molecular complexity index is 497. The first kappa shape index (κ1) is 15.2. The molecule has 0 amide bonds. The molecule has 0 bridgehead atoms. The molecule has 2 aliphatic rings. The molecule has 2 atom stereocenters. The highest BCUT2D eigenvalue weighted by molar-refractivity contribution is 6.30. The summed E-state index contributed by atoms with van der Waals surface area (Å²) in [6.45, 7) is 1.98. The van der Waals surface area contributed by atoms with E-state index < -0.39 is 11.9 Å². The summed E-state index contributed by atoms with van der Waals surface area (Å²) in [4.78, 5) is 0. The number of hydrogen-bond acceptors (Lipinski definition) is 3. The van der Waals surface area contributed by atoms with Gasteiger partial charge in [-0.3, -0.25) is 0 Å². The smallest absolute Gasteiger partial charge is 0.129 e. The highest BCUT2D eigenvalue weighted by Crippen LogP contribution is 2.42. The molecule has 2 aliphatic heterocycles. The van der Waals surface area contributed by atoms with E-state index in [4.69, 9.17) is 21.1 Å². The number of rotatable bonds is 2. The van der Waals surface area contributed by atoms with Crippen LogP contribution in [0, 0.1) is 11.7 Å². The van der Waals surface area contributed by atoms with Crippen LogP contribution in [0.15, 0.2) is 18.2 Å². The van der Waals surface area contributed by atoms with Crippen LogP contribution in [0.4, 0.5) is 4.39 Å². The van der Waals surface area contributed by atoms with Gasteiger partial charge in [-0.05, 0) is 49.8 Å². The Morgan fingerprint density at radius 2 is 2.05 bits per heavy atom. The molecule has 2 heterocycles. The number of aliphatic hydroxyl groups is 1. The highest BCUT2D eigenvalue weighted by Gasteiger charge is 2.41. The minimum absolute atomic E-state index is 0.00943. The fraction of sp³-hybridized carbons (Fsp3) is 0.625. The Morgan fingerprint density at radius 3 is 2.81 bits per heavy atom. The summed E-state index contributed by atoms with van der Waals surface area (Å²) in [5, 5.41) is 11.0. The minimum Gasteiger partial charge on any atom is -0.388 e. The van der Waals surface area contributed by atoms with Crippen LogP contribution in [0.5, 0.6) is 0 Å². The molecule has 0 saturated carbocycles. The van der Waals surface area contributed by atoms with Crippen LogP contribution in [0.2, 0.25) is 5.02 Å². The molecule has 21 heavy (non-hydrogen) atoms. The number of aliphatic hydroxyl groups excluding tert-OH is 1. The van der Waals surface area contributed by atoms with Crippen molar-refractivity contribution < 1.29 is 19.0 Å². The lowest BCUT2D eigenvalue weighted by Gasteiger charge is -2.44. The summed E-state index contributed by atoms with van der Waals surface area (Å²) < 4.78 is 25.3. The predicted molar refractivity (Wildman–Crippen MR) is 77.8 cm³/mol. The van der Waals surface area contributed by atoms with Crippen molar-refractivity contribution in [1.29, 1.82) is 0 Å². The van der Waals surface area contributed by atoms with Crippen molar-refractivity contribution in [2.45, 2.75) is 37.4 Å². The van der Waals surface area contributed by atoms with Gasteiger partial charge in [-0.1, -0.05) is 11.6 Å². The van der Waals surface area contributed by atoms with Crippen molar-refractivity contribution in [2.24, 2.45) is 5.92 Å². The molecular weight excluding hydrogens is 295 g/mol. The van der Waals surface area contributed by atoms with Crippen molar-refractivity contribution in [3.8, 4) is 0 Å². The van der Waals surface area contributed by atoms with E-state index in [0.717, 1.165) is 25.7 Å². The maximum Gasteiger partial charge on any atom is 0.129 e. The van der Waals surface area contributed by atoms with Crippen molar-refractivity contribution in [2.75, 3.05) is 19.8 Å². The van der Waals surface area contributed by atoms with E-state index in [-0.39, 0.29) is 17.1 Å². The quantitative estimate of drug-likeness (QED) is 0.908. The van der Waals surface area contributed by atoms with Gasteiger partial charge in [-0.25, -0.2) is 4.39 Å². The largest absolute Gasteiger partial charge is 0.388 e. The first-order chi connectivity index (χ1) is 10.1. The van der Waals surface area contributed by atoms with Crippen LogP contribution in [0.1, 0.15) is 37.4 Å². The minimum atomic E-state index is -0.840. The molecule has 116 valence electrons. The normalized spacial score (nSPS) is 26.7. The first-order valence-electron chi connectivity index (χ1n) is 7.44. The molecule has 0 aliphatic carbocycles. The predicted octanol–water partition coefficient (Wildman–Crippen LogP) is 3.49. The standard InChI is InChI=1S/C16H20ClFO3/c17-12-1-2-14(18)13(9-12)15(19)11-3-6-21-16(10-11)4-7-20-8-5-16/h1-2,9,11,15,19H,3-8,10H2. The van der Waals surface area contributed by atoms with Gasteiger partial charge < -0.3 is 14.6 Å². The monoisotopic (exact) mass is 314 g/mol. The SMILES string of the molecule is OC(c1cc(Cl)ccc1F)C1CCOC2(CCOCC2)C1. The summed E-state index contributed by atoms with van der Waals surface area (Å²) in [6, 6.07) is 4.33. The van der Waals surface area contributed by atoms with E-state index in [1.165, 1.54) is 18.2 Å². The van der Waals surface area contributed by atoms with E-state index in [0.29, 0.717) is 24.8 Å². The molecule has 0 radical (unpaired) electrons. The number of halogens is 2. The number of hydrogen-bond donors (Lipinski definition) is 1. The van der Waals surface area contributed by atoms with Crippen LogP contribution in [0.3, 0.4) is 0 Å². The van der Waals surface area contributed by atoms with E-state index in [9.17, 15) is 9.50 Å². The van der Waals surface area contributed by atoms with Crippen LogP contribution in [0.25, 0.3) is 0 Å². The lowest BCUT2D eigenvalue weighted by Crippen LogP contribution is -2.45. The van der Waals surface area contributed by atoms with Crippen molar-refractivity contribution in [3.05, 3.63) is 34.6 Å². The highest BCUT2D eigenvalue weighted by atomic mass is 35.5. The van der Waals surface area contributed by atoms with E-state index >= 15 is 0 Å². The maximum absolute atomic E-state index is 13.9. The van der Waals surface area contributed by atoms with Gasteiger partial charge in [0.1, 0.15) is 5.82 Å². The van der Waals surface area contributed by atoms with Crippen LogP contribution in [-0.4, -0.2) is 30.5 Å². The zero-order chi connectivity index (χ0) is 14.9.